The van der Waals surface area contributed by atoms with E-state index in [1.165, 1.54) is 0 Å². The average Bonchev–Trinajstić information content (AvgIpc) is 3.20. The van der Waals surface area contributed by atoms with E-state index >= 15 is 0 Å². The van der Waals surface area contributed by atoms with Crippen molar-refractivity contribution in [3.63, 3.8) is 0 Å². The minimum atomic E-state index is -0.476. The standard InChI is InChI=1S/C23H28N2O5/c1-23(2,3)30-22(26)25-13-16(14-25)15-29-20-9-5-8-19(24-20)17-6-4-7-18(12-17)21-27-10-11-28-21/h4-9,12,16,21H,10-11,13-15H2,1-3H3. The molecule has 0 aliphatic carbocycles. The van der Waals surface area contributed by atoms with Crippen LogP contribution in [0.5, 0.6) is 5.88 Å². The van der Waals surface area contributed by atoms with Crippen molar-refractivity contribution in [3.05, 3.63) is 48.0 Å². The van der Waals surface area contributed by atoms with Crippen LogP contribution in [0.4, 0.5) is 4.79 Å². The molecule has 2 aliphatic rings. The Morgan fingerprint density at radius 2 is 1.87 bits per heavy atom. The zero-order valence-electron chi connectivity index (χ0n) is 17.7. The molecule has 2 fully saturated rings. The molecular formula is C23H28N2O5. The molecule has 0 N–H and O–H groups in total. The molecule has 1 aromatic carbocycles. The van der Waals surface area contributed by atoms with Crippen LogP contribution in [-0.4, -0.2) is 54.5 Å². The summed E-state index contributed by atoms with van der Waals surface area (Å²) in [7, 11) is 0. The first-order chi connectivity index (χ1) is 14.4. The third-order valence-electron chi connectivity index (χ3n) is 4.88. The minimum Gasteiger partial charge on any atom is -0.477 e. The smallest absolute Gasteiger partial charge is 0.410 e. The molecule has 0 atom stereocenters. The summed E-state index contributed by atoms with van der Waals surface area (Å²) in [5.74, 6) is 0.852. The lowest BCUT2D eigenvalue weighted by Gasteiger charge is -2.39. The van der Waals surface area contributed by atoms with Gasteiger partial charge in [0.25, 0.3) is 0 Å². The molecule has 2 saturated heterocycles. The molecule has 1 aromatic heterocycles. The average molecular weight is 412 g/mol. The van der Waals surface area contributed by atoms with Crippen molar-refractivity contribution >= 4 is 6.09 Å². The molecule has 0 bridgehead atoms. The first kappa shape index (κ1) is 20.6. The van der Waals surface area contributed by atoms with Crippen molar-refractivity contribution in [2.75, 3.05) is 32.9 Å². The number of likely N-dealkylation sites (tertiary alicyclic amines) is 1. The second-order valence-corrected chi connectivity index (χ2v) is 8.62. The number of rotatable bonds is 5. The van der Waals surface area contributed by atoms with Crippen LogP contribution in [0.15, 0.2) is 42.5 Å². The van der Waals surface area contributed by atoms with Gasteiger partial charge in [0.15, 0.2) is 6.29 Å². The second-order valence-electron chi connectivity index (χ2n) is 8.62. The van der Waals surface area contributed by atoms with Crippen molar-refractivity contribution in [1.82, 2.24) is 9.88 Å². The Labute approximate surface area is 176 Å². The lowest BCUT2D eigenvalue weighted by molar-refractivity contribution is -0.0440. The summed E-state index contributed by atoms with van der Waals surface area (Å²) < 4.78 is 22.4. The molecule has 1 amide bonds. The van der Waals surface area contributed by atoms with E-state index in [4.69, 9.17) is 18.9 Å². The van der Waals surface area contributed by atoms with Crippen LogP contribution in [0, 0.1) is 5.92 Å². The monoisotopic (exact) mass is 412 g/mol. The van der Waals surface area contributed by atoms with Crippen LogP contribution in [0.3, 0.4) is 0 Å². The van der Waals surface area contributed by atoms with Gasteiger partial charge in [-0.1, -0.05) is 24.3 Å². The topological polar surface area (TPSA) is 70.1 Å². The van der Waals surface area contributed by atoms with Crippen molar-refractivity contribution in [1.29, 1.82) is 0 Å². The maximum atomic E-state index is 12.0. The minimum absolute atomic E-state index is 0.269. The Morgan fingerprint density at radius 1 is 1.13 bits per heavy atom. The SMILES string of the molecule is CC(C)(C)OC(=O)N1CC(COc2cccc(-c3cccc(C4OCCO4)c3)n2)C1. The Bertz CT molecular complexity index is 883. The molecule has 0 unspecified atom stereocenters. The third kappa shape index (κ3) is 5.09. The summed E-state index contributed by atoms with van der Waals surface area (Å²) >= 11 is 0. The van der Waals surface area contributed by atoms with Gasteiger partial charge in [-0.2, -0.15) is 0 Å². The fourth-order valence-electron chi connectivity index (χ4n) is 3.41. The van der Waals surface area contributed by atoms with Crippen molar-refractivity contribution in [2.24, 2.45) is 5.92 Å². The molecule has 30 heavy (non-hydrogen) atoms. The molecule has 0 spiro atoms. The highest BCUT2D eigenvalue weighted by atomic mass is 16.7. The van der Waals surface area contributed by atoms with Crippen LogP contribution in [0.25, 0.3) is 11.3 Å². The van der Waals surface area contributed by atoms with E-state index in [2.05, 4.69) is 4.98 Å². The lowest BCUT2D eigenvalue weighted by Crippen LogP contribution is -2.53. The maximum absolute atomic E-state index is 12.0. The van der Waals surface area contributed by atoms with Crippen LogP contribution in [0.1, 0.15) is 32.6 Å². The summed E-state index contributed by atoms with van der Waals surface area (Å²) in [6.07, 6.45) is -0.579. The van der Waals surface area contributed by atoms with Gasteiger partial charge in [0.05, 0.1) is 25.5 Å². The van der Waals surface area contributed by atoms with Crippen molar-refractivity contribution < 1.29 is 23.7 Å². The molecule has 0 radical (unpaired) electrons. The number of amides is 1. The Hall–Kier alpha value is -2.64. The van der Waals surface area contributed by atoms with Gasteiger partial charge in [-0.15, -0.1) is 0 Å². The summed E-state index contributed by atoms with van der Waals surface area (Å²) in [6.45, 7) is 8.62. The highest BCUT2D eigenvalue weighted by Crippen LogP contribution is 2.28. The Morgan fingerprint density at radius 3 is 2.60 bits per heavy atom. The fourth-order valence-corrected chi connectivity index (χ4v) is 3.41. The normalized spacial score (nSPS) is 17.6. The van der Waals surface area contributed by atoms with Gasteiger partial charge in [0.2, 0.25) is 5.88 Å². The number of pyridine rings is 1. The number of ether oxygens (including phenoxy) is 4. The van der Waals surface area contributed by atoms with Gasteiger partial charge in [-0.05, 0) is 32.9 Å². The fraction of sp³-hybridized carbons (Fsp3) is 0.478. The highest BCUT2D eigenvalue weighted by molar-refractivity contribution is 5.69. The zero-order valence-corrected chi connectivity index (χ0v) is 17.7. The van der Waals surface area contributed by atoms with Crippen LogP contribution in [-0.2, 0) is 14.2 Å². The molecular weight excluding hydrogens is 384 g/mol. The van der Waals surface area contributed by atoms with E-state index in [0.717, 1.165) is 16.8 Å². The number of carbonyl (C=O) groups is 1. The van der Waals surface area contributed by atoms with Crippen LogP contribution < -0.4 is 4.74 Å². The molecule has 0 saturated carbocycles. The molecule has 7 nitrogen and oxygen atoms in total. The van der Waals surface area contributed by atoms with E-state index in [-0.39, 0.29) is 18.3 Å². The maximum Gasteiger partial charge on any atom is 0.410 e. The van der Waals surface area contributed by atoms with Gasteiger partial charge in [-0.3, -0.25) is 0 Å². The quantitative estimate of drug-likeness (QED) is 0.738. The number of benzene rings is 1. The van der Waals surface area contributed by atoms with E-state index in [9.17, 15) is 4.79 Å². The Kier molecular flexibility index (Phi) is 5.92. The summed E-state index contributed by atoms with van der Waals surface area (Å²) in [6, 6.07) is 13.7. The van der Waals surface area contributed by atoms with Crippen LogP contribution in [0.2, 0.25) is 0 Å². The molecule has 2 aliphatic heterocycles. The van der Waals surface area contributed by atoms with Gasteiger partial charge in [0, 0.05) is 36.2 Å². The Balaban J connectivity index is 1.32. The first-order valence-corrected chi connectivity index (χ1v) is 10.3. The number of hydrogen-bond donors (Lipinski definition) is 0. The van der Waals surface area contributed by atoms with Gasteiger partial charge < -0.3 is 23.8 Å². The predicted molar refractivity (Wildman–Crippen MR) is 111 cm³/mol. The van der Waals surface area contributed by atoms with E-state index in [1.807, 2.05) is 63.2 Å². The summed E-state index contributed by atoms with van der Waals surface area (Å²) in [5, 5.41) is 0. The highest BCUT2D eigenvalue weighted by Gasteiger charge is 2.34. The van der Waals surface area contributed by atoms with Gasteiger partial charge in [0.1, 0.15) is 5.60 Å². The molecule has 7 heteroatoms. The first-order valence-electron chi connectivity index (χ1n) is 10.3. The molecule has 3 heterocycles. The molecule has 2 aromatic rings. The second kappa shape index (κ2) is 8.62. The number of hydrogen-bond acceptors (Lipinski definition) is 6. The van der Waals surface area contributed by atoms with E-state index in [1.54, 1.807) is 4.90 Å². The number of carbonyl (C=O) groups excluding carboxylic acids is 1. The molecule has 160 valence electrons. The van der Waals surface area contributed by atoms with Gasteiger partial charge >= 0.3 is 6.09 Å². The summed E-state index contributed by atoms with van der Waals surface area (Å²) in [4.78, 5) is 18.3. The predicted octanol–water partition coefficient (Wildman–Crippen LogP) is 4.04. The van der Waals surface area contributed by atoms with Crippen molar-refractivity contribution in [2.45, 2.75) is 32.7 Å². The molecule has 4 rings (SSSR count). The van der Waals surface area contributed by atoms with Crippen LogP contribution >= 0.6 is 0 Å². The van der Waals surface area contributed by atoms with E-state index < -0.39 is 5.60 Å². The lowest BCUT2D eigenvalue weighted by atomic mass is 10.0. The van der Waals surface area contributed by atoms with Gasteiger partial charge in [-0.25, -0.2) is 9.78 Å². The van der Waals surface area contributed by atoms with Crippen molar-refractivity contribution in [3.8, 4) is 17.1 Å². The zero-order chi connectivity index (χ0) is 21.1. The number of aromatic nitrogens is 1. The third-order valence-corrected chi connectivity index (χ3v) is 4.88. The summed E-state index contributed by atoms with van der Waals surface area (Å²) in [5.41, 5.74) is 2.32. The number of nitrogens with zero attached hydrogens (tertiary/aromatic N) is 2. The largest absolute Gasteiger partial charge is 0.477 e. The van der Waals surface area contributed by atoms with E-state index in [0.29, 0.717) is 38.8 Å².